The summed E-state index contributed by atoms with van der Waals surface area (Å²) in [5, 5.41) is 0. The van der Waals surface area contributed by atoms with Crippen molar-refractivity contribution in [2.75, 3.05) is 0 Å². The van der Waals surface area contributed by atoms with Gasteiger partial charge >= 0.3 is 0 Å². The van der Waals surface area contributed by atoms with Crippen LogP contribution in [0, 0.1) is 6.92 Å². The van der Waals surface area contributed by atoms with Crippen LogP contribution >= 0.6 is 0 Å². The van der Waals surface area contributed by atoms with Gasteiger partial charge < -0.3 is 4.98 Å². The Morgan fingerprint density at radius 3 is 3.15 bits per heavy atom. The summed E-state index contributed by atoms with van der Waals surface area (Å²) in [4.78, 5) is 18.3. The Kier molecular flexibility index (Phi) is 1.85. The zero-order valence-electron chi connectivity index (χ0n) is 7.37. The standard InChI is InChI=1S/C10H10N2O/c1-7-10(13)12-9-6-4-2-3-5-8(9)11-7/h2-5H,6H2,1H3,(H,12,13). The molecule has 13 heavy (non-hydrogen) atoms. The van der Waals surface area contributed by atoms with Crippen LogP contribution in [-0.2, 0) is 6.42 Å². The van der Waals surface area contributed by atoms with Crippen molar-refractivity contribution in [3.05, 3.63) is 45.7 Å². The number of aryl methyl sites for hydroxylation is 1. The van der Waals surface area contributed by atoms with Crippen molar-refractivity contribution in [1.82, 2.24) is 9.97 Å². The fraction of sp³-hybridized carbons (Fsp3) is 0.200. The Hall–Kier alpha value is -1.64. The Balaban J connectivity index is 2.64. The summed E-state index contributed by atoms with van der Waals surface area (Å²) in [6, 6.07) is 0. The van der Waals surface area contributed by atoms with E-state index in [0.717, 1.165) is 17.8 Å². The van der Waals surface area contributed by atoms with Crippen molar-refractivity contribution in [2.24, 2.45) is 0 Å². The minimum absolute atomic E-state index is 0.0950. The van der Waals surface area contributed by atoms with E-state index in [1.807, 2.05) is 24.3 Å². The second-order valence-electron chi connectivity index (χ2n) is 3.01. The first-order valence-electron chi connectivity index (χ1n) is 4.20. The Labute approximate surface area is 75.8 Å². The number of fused-ring (bicyclic) bond motifs is 1. The van der Waals surface area contributed by atoms with Crippen LogP contribution in [0.15, 0.2) is 23.0 Å². The second kappa shape index (κ2) is 3.01. The number of nitrogens with zero attached hydrogens (tertiary/aromatic N) is 1. The van der Waals surface area contributed by atoms with E-state index in [9.17, 15) is 4.79 Å². The number of allylic oxidation sites excluding steroid dienone is 3. The van der Waals surface area contributed by atoms with E-state index in [4.69, 9.17) is 0 Å². The highest BCUT2D eigenvalue weighted by Crippen LogP contribution is 2.08. The molecule has 0 saturated carbocycles. The number of hydrogen-bond acceptors (Lipinski definition) is 2. The van der Waals surface area contributed by atoms with Crippen LogP contribution in [0.2, 0.25) is 0 Å². The summed E-state index contributed by atoms with van der Waals surface area (Å²) >= 11 is 0. The molecule has 0 spiro atoms. The maximum absolute atomic E-state index is 11.2. The van der Waals surface area contributed by atoms with E-state index >= 15 is 0 Å². The van der Waals surface area contributed by atoms with E-state index < -0.39 is 0 Å². The molecule has 1 aromatic heterocycles. The number of rotatable bonds is 0. The highest BCUT2D eigenvalue weighted by atomic mass is 16.1. The molecular weight excluding hydrogens is 164 g/mol. The third kappa shape index (κ3) is 1.45. The molecule has 0 unspecified atom stereocenters. The van der Waals surface area contributed by atoms with E-state index in [0.29, 0.717) is 5.69 Å². The molecule has 3 nitrogen and oxygen atoms in total. The summed E-state index contributed by atoms with van der Waals surface area (Å²) in [6.45, 7) is 1.71. The smallest absolute Gasteiger partial charge is 0.269 e. The maximum Gasteiger partial charge on any atom is 0.269 e. The average molecular weight is 174 g/mol. The van der Waals surface area contributed by atoms with Crippen LogP contribution in [0.4, 0.5) is 0 Å². The predicted octanol–water partition coefficient (Wildman–Crippen LogP) is 1.20. The van der Waals surface area contributed by atoms with Crippen molar-refractivity contribution in [1.29, 1.82) is 0 Å². The molecule has 1 aromatic rings. The van der Waals surface area contributed by atoms with Gasteiger partial charge in [0.2, 0.25) is 0 Å². The first-order valence-corrected chi connectivity index (χ1v) is 4.20. The summed E-state index contributed by atoms with van der Waals surface area (Å²) < 4.78 is 0. The van der Waals surface area contributed by atoms with Crippen molar-refractivity contribution < 1.29 is 0 Å². The van der Waals surface area contributed by atoms with Gasteiger partial charge in [-0.3, -0.25) is 4.79 Å². The molecule has 0 fully saturated rings. The van der Waals surface area contributed by atoms with Crippen molar-refractivity contribution in [3.8, 4) is 0 Å². The molecular formula is C10H10N2O. The number of aromatic amines is 1. The van der Waals surface area contributed by atoms with Gasteiger partial charge in [0.15, 0.2) is 0 Å². The molecule has 3 heteroatoms. The van der Waals surface area contributed by atoms with Crippen molar-refractivity contribution in [3.63, 3.8) is 0 Å². The second-order valence-corrected chi connectivity index (χ2v) is 3.01. The molecule has 0 saturated heterocycles. The van der Waals surface area contributed by atoms with Gasteiger partial charge in [0, 0.05) is 12.1 Å². The lowest BCUT2D eigenvalue weighted by Crippen LogP contribution is -2.15. The van der Waals surface area contributed by atoms with Gasteiger partial charge in [0.05, 0.1) is 5.69 Å². The van der Waals surface area contributed by atoms with E-state index in [1.54, 1.807) is 6.92 Å². The Bertz CT molecular complexity index is 441. The van der Waals surface area contributed by atoms with E-state index in [-0.39, 0.29) is 5.56 Å². The zero-order valence-corrected chi connectivity index (χ0v) is 7.37. The van der Waals surface area contributed by atoms with Gasteiger partial charge in [-0.2, -0.15) is 0 Å². The highest BCUT2D eigenvalue weighted by Gasteiger charge is 2.04. The van der Waals surface area contributed by atoms with Crippen LogP contribution in [0.5, 0.6) is 0 Å². The molecule has 0 amide bonds. The molecule has 0 atom stereocenters. The van der Waals surface area contributed by atoms with Gasteiger partial charge in [-0.05, 0) is 13.0 Å². The maximum atomic E-state index is 11.2. The van der Waals surface area contributed by atoms with E-state index in [1.165, 1.54) is 0 Å². The fourth-order valence-corrected chi connectivity index (χ4v) is 1.30. The van der Waals surface area contributed by atoms with Crippen LogP contribution in [0.3, 0.4) is 0 Å². The normalized spacial score (nSPS) is 13.9. The topological polar surface area (TPSA) is 45.8 Å². The van der Waals surface area contributed by atoms with E-state index in [2.05, 4.69) is 9.97 Å². The van der Waals surface area contributed by atoms with Crippen LogP contribution < -0.4 is 5.56 Å². The molecule has 1 aliphatic rings. The van der Waals surface area contributed by atoms with Gasteiger partial charge in [0.1, 0.15) is 5.69 Å². The first-order chi connectivity index (χ1) is 6.27. The lowest BCUT2D eigenvalue weighted by molar-refractivity contribution is 0.969. The predicted molar refractivity (Wildman–Crippen MR) is 51.5 cm³/mol. The summed E-state index contributed by atoms with van der Waals surface area (Å²) in [5.41, 5.74) is 2.18. The first kappa shape index (κ1) is 7.98. The molecule has 0 aromatic carbocycles. The number of hydrogen-bond donors (Lipinski definition) is 1. The third-order valence-corrected chi connectivity index (χ3v) is 2.01. The zero-order chi connectivity index (χ0) is 9.26. The minimum Gasteiger partial charge on any atom is -0.322 e. The summed E-state index contributed by atoms with van der Waals surface area (Å²) in [6.07, 6.45) is 8.52. The Morgan fingerprint density at radius 2 is 2.31 bits per heavy atom. The number of aromatic nitrogens is 2. The molecule has 66 valence electrons. The lowest BCUT2D eigenvalue weighted by atomic mass is 10.2. The van der Waals surface area contributed by atoms with Crippen molar-refractivity contribution >= 4 is 6.08 Å². The number of H-pyrrole nitrogens is 1. The summed E-state index contributed by atoms with van der Waals surface area (Å²) in [7, 11) is 0. The lowest BCUT2D eigenvalue weighted by Gasteiger charge is -2.01. The van der Waals surface area contributed by atoms with Crippen molar-refractivity contribution in [2.45, 2.75) is 13.3 Å². The van der Waals surface area contributed by atoms with Gasteiger partial charge in [-0.15, -0.1) is 0 Å². The fourth-order valence-electron chi connectivity index (χ4n) is 1.30. The molecule has 2 rings (SSSR count). The average Bonchev–Trinajstić information content (AvgIpc) is 2.31. The SMILES string of the molecule is Cc1nc2c([nH]c1=O)CC=CC=C2. The van der Waals surface area contributed by atoms with Crippen LogP contribution in [0.25, 0.3) is 6.08 Å². The van der Waals surface area contributed by atoms with Crippen LogP contribution in [-0.4, -0.2) is 9.97 Å². The highest BCUT2D eigenvalue weighted by molar-refractivity contribution is 5.51. The molecule has 0 bridgehead atoms. The third-order valence-electron chi connectivity index (χ3n) is 2.01. The number of nitrogens with one attached hydrogen (secondary N) is 1. The van der Waals surface area contributed by atoms with Gasteiger partial charge in [-0.25, -0.2) is 4.98 Å². The largest absolute Gasteiger partial charge is 0.322 e. The minimum atomic E-state index is -0.0950. The molecule has 1 heterocycles. The Morgan fingerprint density at radius 1 is 1.46 bits per heavy atom. The van der Waals surface area contributed by atoms with Gasteiger partial charge in [0.25, 0.3) is 5.56 Å². The monoisotopic (exact) mass is 174 g/mol. The molecule has 0 aliphatic heterocycles. The molecule has 1 N–H and O–H groups in total. The van der Waals surface area contributed by atoms with Gasteiger partial charge in [-0.1, -0.05) is 18.2 Å². The van der Waals surface area contributed by atoms with Crippen LogP contribution in [0.1, 0.15) is 17.1 Å². The molecule has 1 aliphatic carbocycles. The summed E-state index contributed by atoms with van der Waals surface area (Å²) in [5.74, 6) is 0. The molecule has 0 radical (unpaired) electrons. The quantitative estimate of drug-likeness (QED) is 0.642.